The van der Waals surface area contributed by atoms with Crippen LogP contribution in [-0.4, -0.2) is 35.7 Å². The van der Waals surface area contributed by atoms with E-state index in [1.807, 2.05) is 30.3 Å². The zero-order valence-electron chi connectivity index (χ0n) is 15.8. The van der Waals surface area contributed by atoms with Crippen LogP contribution in [0, 0.1) is 11.3 Å². The summed E-state index contributed by atoms with van der Waals surface area (Å²) in [6.07, 6.45) is 2.21. The topological polar surface area (TPSA) is 56.5 Å². The first-order valence-corrected chi connectivity index (χ1v) is 9.76. The molecular formula is C23H26N2O2. The molecule has 2 heterocycles. The van der Waals surface area contributed by atoms with Gasteiger partial charge in [-0.3, -0.25) is 0 Å². The van der Waals surface area contributed by atoms with E-state index in [1.165, 1.54) is 5.56 Å². The Hall–Kier alpha value is -2.35. The lowest BCUT2D eigenvalue weighted by molar-refractivity contribution is 0.0897. The number of likely N-dealkylation sites (tertiary alicyclic amines) is 1. The summed E-state index contributed by atoms with van der Waals surface area (Å²) in [6.45, 7) is 4.32. The molecule has 27 heavy (non-hydrogen) atoms. The number of aliphatic hydroxyl groups excluding tert-OH is 1. The maximum absolute atomic E-state index is 10.7. The fourth-order valence-corrected chi connectivity index (χ4v) is 4.34. The van der Waals surface area contributed by atoms with Gasteiger partial charge in [-0.1, -0.05) is 36.4 Å². The smallest absolute Gasteiger partial charge is 0.123 e. The quantitative estimate of drug-likeness (QED) is 0.903. The fraction of sp³-hybridized carbons (Fsp3) is 0.435. The third-order valence-electron chi connectivity index (χ3n) is 5.99. The molecule has 140 valence electrons. The lowest BCUT2D eigenvalue weighted by Crippen LogP contribution is -2.43. The van der Waals surface area contributed by atoms with Gasteiger partial charge in [-0.15, -0.1) is 0 Å². The van der Waals surface area contributed by atoms with Gasteiger partial charge in [0.25, 0.3) is 0 Å². The number of rotatable bonds is 4. The van der Waals surface area contributed by atoms with Crippen LogP contribution in [0.3, 0.4) is 0 Å². The Bertz CT molecular complexity index is 835. The highest BCUT2D eigenvalue weighted by Gasteiger charge is 2.36. The van der Waals surface area contributed by atoms with Gasteiger partial charge in [-0.05, 0) is 48.6 Å². The molecule has 0 amide bonds. The standard InChI is InChI=1S/C23H26N2O2/c1-17-13-19-14-18(7-8-22(19)27-17)21(26)15-25-11-9-23(16-24,10-12-25)20-5-3-2-4-6-20/h2-8,14,17,21,26H,9-13,15H2,1H3/t17-,21+/m1/s1. The summed E-state index contributed by atoms with van der Waals surface area (Å²) in [5.74, 6) is 0.943. The number of nitrogens with zero attached hydrogens (tertiary/aromatic N) is 2. The summed E-state index contributed by atoms with van der Waals surface area (Å²) in [6, 6.07) is 18.7. The first-order chi connectivity index (χ1) is 13.1. The molecule has 0 radical (unpaired) electrons. The van der Waals surface area contributed by atoms with E-state index in [1.54, 1.807) is 0 Å². The molecule has 2 aliphatic heterocycles. The molecule has 4 nitrogen and oxygen atoms in total. The van der Waals surface area contributed by atoms with Crippen molar-refractivity contribution in [1.29, 1.82) is 5.26 Å². The molecule has 1 saturated heterocycles. The van der Waals surface area contributed by atoms with Crippen LogP contribution < -0.4 is 4.74 Å². The van der Waals surface area contributed by atoms with Gasteiger partial charge in [0.1, 0.15) is 11.9 Å². The van der Waals surface area contributed by atoms with Crippen molar-refractivity contribution < 1.29 is 9.84 Å². The van der Waals surface area contributed by atoms with Crippen LogP contribution in [0.4, 0.5) is 0 Å². The van der Waals surface area contributed by atoms with Gasteiger partial charge in [0.2, 0.25) is 0 Å². The molecule has 2 aliphatic rings. The van der Waals surface area contributed by atoms with E-state index < -0.39 is 11.5 Å². The van der Waals surface area contributed by atoms with Crippen molar-refractivity contribution in [1.82, 2.24) is 4.90 Å². The Morgan fingerprint density at radius 1 is 1.22 bits per heavy atom. The highest BCUT2D eigenvalue weighted by atomic mass is 16.5. The fourth-order valence-electron chi connectivity index (χ4n) is 4.34. The van der Waals surface area contributed by atoms with Crippen LogP contribution in [0.15, 0.2) is 48.5 Å². The number of aliphatic hydroxyl groups is 1. The lowest BCUT2D eigenvalue weighted by atomic mass is 9.74. The Morgan fingerprint density at radius 3 is 2.67 bits per heavy atom. The van der Waals surface area contributed by atoms with Crippen molar-refractivity contribution >= 4 is 0 Å². The number of piperidine rings is 1. The maximum Gasteiger partial charge on any atom is 0.123 e. The predicted molar refractivity (Wildman–Crippen MR) is 105 cm³/mol. The molecule has 4 heteroatoms. The second kappa shape index (κ2) is 7.34. The number of fused-ring (bicyclic) bond motifs is 1. The second-order valence-electron chi connectivity index (χ2n) is 7.88. The van der Waals surface area contributed by atoms with E-state index in [4.69, 9.17) is 4.74 Å². The average molecular weight is 362 g/mol. The van der Waals surface area contributed by atoms with E-state index in [0.717, 1.165) is 49.2 Å². The third-order valence-corrected chi connectivity index (χ3v) is 5.99. The van der Waals surface area contributed by atoms with Gasteiger partial charge in [0.15, 0.2) is 0 Å². The predicted octanol–water partition coefficient (Wildman–Crippen LogP) is 3.60. The summed E-state index contributed by atoms with van der Waals surface area (Å²) in [4.78, 5) is 2.27. The van der Waals surface area contributed by atoms with Crippen LogP contribution in [0.1, 0.15) is 42.6 Å². The van der Waals surface area contributed by atoms with Crippen LogP contribution in [0.25, 0.3) is 0 Å². The average Bonchev–Trinajstić information content (AvgIpc) is 3.08. The third kappa shape index (κ3) is 3.58. The normalized spacial score (nSPS) is 22.5. The Balaban J connectivity index is 1.39. The zero-order chi connectivity index (χ0) is 18.9. The monoisotopic (exact) mass is 362 g/mol. The molecule has 4 rings (SSSR count). The molecule has 0 aliphatic carbocycles. The maximum atomic E-state index is 10.7. The Morgan fingerprint density at radius 2 is 1.96 bits per heavy atom. The molecule has 2 aromatic rings. The summed E-state index contributed by atoms with van der Waals surface area (Å²) in [5.41, 5.74) is 2.85. The van der Waals surface area contributed by atoms with E-state index >= 15 is 0 Å². The SMILES string of the molecule is C[C@@H]1Cc2cc([C@@H](O)CN3CCC(C#N)(c4ccccc4)CC3)ccc2O1. The van der Waals surface area contributed by atoms with Crippen LogP contribution in [0.5, 0.6) is 5.75 Å². The van der Waals surface area contributed by atoms with Crippen LogP contribution in [0.2, 0.25) is 0 Å². The van der Waals surface area contributed by atoms with Gasteiger partial charge in [0, 0.05) is 26.1 Å². The van der Waals surface area contributed by atoms with Gasteiger partial charge in [0.05, 0.1) is 17.6 Å². The van der Waals surface area contributed by atoms with Gasteiger partial charge < -0.3 is 14.7 Å². The summed E-state index contributed by atoms with van der Waals surface area (Å²) in [5, 5.41) is 20.5. The molecule has 0 unspecified atom stereocenters. The van der Waals surface area contributed by atoms with E-state index in [2.05, 4.69) is 36.1 Å². The molecule has 0 spiro atoms. The van der Waals surface area contributed by atoms with Crippen molar-refractivity contribution in [3.63, 3.8) is 0 Å². The molecule has 0 aromatic heterocycles. The second-order valence-corrected chi connectivity index (χ2v) is 7.88. The molecule has 1 fully saturated rings. The van der Waals surface area contributed by atoms with E-state index in [9.17, 15) is 10.4 Å². The van der Waals surface area contributed by atoms with Crippen molar-refractivity contribution in [2.75, 3.05) is 19.6 Å². The Labute approximate surface area is 161 Å². The Kier molecular flexibility index (Phi) is 4.90. The highest BCUT2D eigenvalue weighted by Crippen LogP contribution is 2.36. The number of hydrogen-bond acceptors (Lipinski definition) is 4. The molecule has 2 aromatic carbocycles. The molecule has 1 N–H and O–H groups in total. The number of ether oxygens (including phenoxy) is 1. The lowest BCUT2D eigenvalue weighted by Gasteiger charge is -2.38. The minimum atomic E-state index is -0.516. The van der Waals surface area contributed by atoms with Crippen molar-refractivity contribution in [2.45, 2.75) is 43.8 Å². The van der Waals surface area contributed by atoms with Crippen molar-refractivity contribution in [3.8, 4) is 11.8 Å². The van der Waals surface area contributed by atoms with E-state index in [-0.39, 0.29) is 6.10 Å². The minimum Gasteiger partial charge on any atom is -0.490 e. The van der Waals surface area contributed by atoms with Gasteiger partial charge >= 0.3 is 0 Å². The summed E-state index contributed by atoms with van der Waals surface area (Å²) < 4.78 is 5.75. The first kappa shape index (κ1) is 18.0. The molecule has 0 saturated carbocycles. The molecule has 2 atom stereocenters. The zero-order valence-corrected chi connectivity index (χ0v) is 15.8. The largest absolute Gasteiger partial charge is 0.490 e. The van der Waals surface area contributed by atoms with Gasteiger partial charge in [-0.2, -0.15) is 5.26 Å². The first-order valence-electron chi connectivity index (χ1n) is 9.76. The number of benzene rings is 2. The van der Waals surface area contributed by atoms with Crippen molar-refractivity contribution in [2.24, 2.45) is 0 Å². The van der Waals surface area contributed by atoms with Crippen LogP contribution >= 0.6 is 0 Å². The van der Waals surface area contributed by atoms with E-state index in [0.29, 0.717) is 6.54 Å². The number of β-amino-alcohol motifs (C(OH)–C–C–N with tert-alkyl or cyclic N) is 1. The highest BCUT2D eigenvalue weighted by molar-refractivity contribution is 5.41. The molecular weight excluding hydrogens is 336 g/mol. The van der Waals surface area contributed by atoms with Gasteiger partial charge in [-0.25, -0.2) is 0 Å². The minimum absolute atomic E-state index is 0.214. The molecule has 0 bridgehead atoms. The number of nitriles is 1. The summed E-state index contributed by atoms with van der Waals surface area (Å²) >= 11 is 0. The van der Waals surface area contributed by atoms with Crippen LogP contribution in [-0.2, 0) is 11.8 Å². The summed E-state index contributed by atoms with van der Waals surface area (Å²) in [7, 11) is 0. The van der Waals surface area contributed by atoms with Crippen molar-refractivity contribution in [3.05, 3.63) is 65.2 Å². The number of hydrogen-bond donors (Lipinski definition) is 1.